The average molecular weight is 439 g/mol. The van der Waals surface area contributed by atoms with Crippen LogP contribution < -0.4 is 5.32 Å². The van der Waals surface area contributed by atoms with Gasteiger partial charge in [0.15, 0.2) is 0 Å². The second-order valence-corrected chi connectivity index (χ2v) is 11.2. The Kier molecular flexibility index (Phi) is 6.31. The van der Waals surface area contributed by atoms with Gasteiger partial charge in [-0.2, -0.15) is 0 Å². The van der Waals surface area contributed by atoms with E-state index in [-0.39, 0.29) is 6.42 Å². The molecule has 1 amide bonds. The average Bonchev–Trinajstić information content (AvgIpc) is 3.17. The zero-order valence-corrected chi connectivity index (χ0v) is 19.8. The number of nitrogens with zero attached hydrogens (tertiary/aromatic N) is 3. The van der Waals surface area contributed by atoms with E-state index in [0.717, 1.165) is 0 Å². The Labute approximate surface area is 183 Å². The molecule has 0 aromatic heterocycles. The van der Waals surface area contributed by atoms with E-state index in [1.165, 1.54) is 0 Å². The summed E-state index contributed by atoms with van der Waals surface area (Å²) in [5.41, 5.74) is 5.10. The van der Waals surface area contributed by atoms with Crippen molar-refractivity contribution in [2.24, 2.45) is 22.9 Å². The maximum atomic E-state index is 13.3. The van der Waals surface area contributed by atoms with Crippen molar-refractivity contribution in [3.63, 3.8) is 0 Å². The van der Waals surface area contributed by atoms with E-state index >= 15 is 0 Å². The molecule has 5 atom stereocenters. The minimum absolute atomic E-state index is 0.0137. The Morgan fingerprint density at radius 1 is 0.935 bits per heavy atom. The van der Waals surface area contributed by atoms with Crippen LogP contribution in [0.4, 0.5) is 4.79 Å². The lowest BCUT2D eigenvalue weighted by molar-refractivity contribution is -0.165. The van der Waals surface area contributed by atoms with Crippen molar-refractivity contribution in [1.82, 2.24) is 5.32 Å². The van der Waals surface area contributed by atoms with Crippen molar-refractivity contribution in [3.8, 4) is 0 Å². The number of rotatable bonds is 4. The number of nitrogens with one attached hydrogen (secondary N) is 1. The molecular formula is C21H34N4O6. The van der Waals surface area contributed by atoms with Gasteiger partial charge < -0.3 is 19.5 Å². The highest BCUT2D eigenvalue weighted by atomic mass is 16.6. The molecule has 10 heteroatoms. The van der Waals surface area contributed by atoms with Gasteiger partial charge in [0.1, 0.15) is 22.3 Å². The fourth-order valence-electron chi connectivity index (χ4n) is 4.17. The molecule has 0 spiro atoms. The molecule has 0 heterocycles. The van der Waals surface area contributed by atoms with Crippen LogP contribution in [0.25, 0.3) is 10.4 Å². The van der Waals surface area contributed by atoms with Crippen molar-refractivity contribution < 1.29 is 28.6 Å². The number of hydrogen-bond acceptors (Lipinski definition) is 7. The summed E-state index contributed by atoms with van der Waals surface area (Å²) in [6.45, 7) is 15.5. The lowest BCUT2D eigenvalue weighted by Gasteiger charge is -2.35. The maximum absolute atomic E-state index is 13.3. The third-order valence-corrected chi connectivity index (χ3v) is 4.99. The van der Waals surface area contributed by atoms with Crippen molar-refractivity contribution in [3.05, 3.63) is 10.4 Å². The number of amides is 1. The zero-order valence-electron chi connectivity index (χ0n) is 19.8. The number of esters is 2. The van der Waals surface area contributed by atoms with Gasteiger partial charge in [-0.1, -0.05) is 5.11 Å². The Morgan fingerprint density at radius 2 is 1.45 bits per heavy atom. The lowest BCUT2D eigenvalue weighted by atomic mass is 9.88. The quantitative estimate of drug-likeness (QED) is 0.232. The molecule has 0 bridgehead atoms. The van der Waals surface area contributed by atoms with Gasteiger partial charge in [-0.05, 0) is 80.2 Å². The van der Waals surface area contributed by atoms with Crippen molar-refractivity contribution >= 4 is 18.0 Å². The maximum Gasteiger partial charge on any atom is 0.408 e. The van der Waals surface area contributed by atoms with E-state index in [4.69, 9.17) is 19.7 Å². The number of fused-ring (bicyclic) bond motifs is 1. The Bertz CT molecular complexity index is 800. The van der Waals surface area contributed by atoms with E-state index in [1.807, 2.05) is 0 Å². The monoisotopic (exact) mass is 438 g/mol. The highest BCUT2D eigenvalue weighted by Gasteiger charge is 2.76. The van der Waals surface area contributed by atoms with Crippen molar-refractivity contribution in [2.75, 3.05) is 0 Å². The molecule has 2 saturated carbocycles. The number of alkyl carbamates (subject to hydrolysis) is 1. The minimum Gasteiger partial charge on any atom is -0.460 e. The molecule has 0 aromatic carbocycles. The first kappa shape index (κ1) is 24.8. The fraction of sp³-hybridized carbons (Fsp3) is 0.857. The number of azide groups is 1. The standard InChI is InChI=1S/C21H34N4O6/c1-18(2,3)29-15(26)13-12-11(24-25-22)10-21(14(12)13,16(27)30-19(4,5)6)23-17(28)31-20(7,8)9/h11-14H,10H2,1-9H3,(H,23,28)/t11-,12-,13-,14-,21-/m0/s1. The first-order chi connectivity index (χ1) is 13.9. The summed E-state index contributed by atoms with van der Waals surface area (Å²) in [6.07, 6.45) is -0.798. The van der Waals surface area contributed by atoms with E-state index < -0.39 is 64.2 Å². The molecular weight excluding hydrogens is 404 g/mol. The summed E-state index contributed by atoms with van der Waals surface area (Å²) in [4.78, 5) is 41.7. The van der Waals surface area contributed by atoms with E-state index in [9.17, 15) is 14.4 Å². The Morgan fingerprint density at radius 3 is 1.90 bits per heavy atom. The van der Waals surface area contributed by atoms with E-state index in [1.54, 1.807) is 62.3 Å². The molecule has 1 N–H and O–H groups in total. The van der Waals surface area contributed by atoms with Crippen LogP contribution in [-0.2, 0) is 23.8 Å². The van der Waals surface area contributed by atoms with Crippen LogP contribution in [0.2, 0.25) is 0 Å². The summed E-state index contributed by atoms with van der Waals surface area (Å²) in [5.74, 6) is -2.96. The smallest absolute Gasteiger partial charge is 0.408 e. The third-order valence-electron chi connectivity index (χ3n) is 4.99. The summed E-state index contributed by atoms with van der Waals surface area (Å²) >= 11 is 0. The van der Waals surface area contributed by atoms with Crippen LogP contribution in [0.5, 0.6) is 0 Å². The number of hydrogen-bond donors (Lipinski definition) is 1. The number of carbonyl (C=O) groups is 3. The largest absolute Gasteiger partial charge is 0.460 e. The molecule has 0 radical (unpaired) electrons. The second-order valence-electron chi connectivity index (χ2n) is 11.2. The van der Waals surface area contributed by atoms with Gasteiger partial charge in [-0.15, -0.1) is 0 Å². The first-order valence-electron chi connectivity index (χ1n) is 10.4. The SMILES string of the molecule is CC(C)(C)OC(=O)N[C@@]1(C(=O)OC(C)(C)C)C[C@H](N=[N+]=[N-])[C@H]2[C@H](C(=O)OC(C)(C)C)[C@H]21. The summed E-state index contributed by atoms with van der Waals surface area (Å²) < 4.78 is 16.5. The molecule has 174 valence electrons. The van der Waals surface area contributed by atoms with Gasteiger partial charge in [0.05, 0.1) is 5.92 Å². The van der Waals surface area contributed by atoms with Crippen molar-refractivity contribution in [1.29, 1.82) is 0 Å². The summed E-state index contributed by atoms with van der Waals surface area (Å²) in [7, 11) is 0. The first-order valence-corrected chi connectivity index (χ1v) is 10.4. The van der Waals surface area contributed by atoms with Gasteiger partial charge in [0.25, 0.3) is 0 Å². The summed E-state index contributed by atoms with van der Waals surface area (Å²) in [6, 6.07) is -0.671. The number of ether oxygens (including phenoxy) is 3. The van der Waals surface area contributed by atoms with E-state index in [0.29, 0.717) is 0 Å². The van der Waals surface area contributed by atoms with Crippen LogP contribution >= 0.6 is 0 Å². The molecule has 2 rings (SSSR count). The van der Waals surface area contributed by atoms with Crippen LogP contribution in [0, 0.1) is 17.8 Å². The highest BCUT2D eigenvalue weighted by molar-refractivity contribution is 5.91. The van der Waals surface area contributed by atoms with Crippen LogP contribution in [0.1, 0.15) is 68.7 Å². The Balaban J connectivity index is 2.44. The predicted octanol–water partition coefficient (Wildman–Crippen LogP) is 3.88. The molecule has 0 aromatic rings. The number of carbonyl (C=O) groups excluding carboxylic acids is 3. The molecule has 0 saturated heterocycles. The summed E-state index contributed by atoms with van der Waals surface area (Å²) in [5, 5.41) is 6.48. The second kappa shape index (κ2) is 7.89. The van der Waals surface area contributed by atoms with Gasteiger partial charge >= 0.3 is 18.0 Å². The topological polar surface area (TPSA) is 140 Å². The molecule has 2 aliphatic rings. The zero-order chi connectivity index (χ0) is 24.0. The van der Waals surface area contributed by atoms with Crippen LogP contribution in [0.15, 0.2) is 5.11 Å². The Hall–Kier alpha value is -2.48. The van der Waals surface area contributed by atoms with Crippen LogP contribution in [0.3, 0.4) is 0 Å². The molecule has 31 heavy (non-hydrogen) atoms. The molecule has 2 fully saturated rings. The third kappa shape index (κ3) is 5.81. The van der Waals surface area contributed by atoms with E-state index in [2.05, 4.69) is 15.3 Å². The normalized spacial score (nSPS) is 29.8. The fourth-order valence-corrected chi connectivity index (χ4v) is 4.17. The van der Waals surface area contributed by atoms with Gasteiger partial charge in [-0.25, -0.2) is 9.59 Å². The van der Waals surface area contributed by atoms with Gasteiger partial charge in [-0.3, -0.25) is 4.79 Å². The molecule has 2 aliphatic carbocycles. The van der Waals surface area contributed by atoms with Crippen molar-refractivity contribution in [2.45, 2.75) is 97.1 Å². The highest BCUT2D eigenvalue weighted by Crippen LogP contribution is 2.64. The minimum atomic E-state index is -1.57. The predicted molar refractivity (Wildman–Crippen MR) is 112 cm³/mol. The molecule has 0 unspecified atom stereocenters. The van der Waals surface area contributed by atoms with Crippen LogP contribution in [-0.4, -0.2) is 46.4 Å². The lowest BCUT2D eigenvalue weighted by Crippen LogP contribution is -2.59. The molecule has 10 nitrogen and oxygen atoms in total. The van der Waals surface area contributed by atoms with Gasteiger partial charge in [0.2, 0.25) is 0 Å². The molecule has 0 aliphatic heterocycles. The van der Waals surface area contributed by atoms with Gasteiger partial charge in [0, 0.05) is 16.9 Å².